The molecule has 1 aromatic heterocycles. The summed E-state index contributed by atoms with van der Waals surface area (Å²) in [5.74, 6) is 0. The van der Waals surface area contributed by atoms with Crippen LogP contribution in [-0.4, -0.2) is 15.4 Å². The smallest absolute Gasteiger partial charge is 0.113 e. The molecule has 0 aliphatic heterocycles. The van der Waals surface area contributed by atoms with Crippen LogP contribution in [0.25, 0.3) is 22.0 Å². The first kappa shape index (κ1) is 13.5. The van der Waals surface area contributed by atoms with Gasteiger partial charge in [-0.3, -0.25) is 0 Å². The molecule has 1 heterocycles. The normalized spacial score (nSPS) is 11.0. The van der Waals surface area contributed by atoms with Gasteiger partial charge in [-0.25, -0.2) is 0 Å². The van der Waals surface area contributed by atoms with Crippen LogP contribution < -0.4 is 5.73 Å². The SMILES string of the molecule is Nc1cccc(-c2cn[nH]n2)c1Cc1cccc2ccccc12. The lowest BCUT2D eigenvalue weighted by atomic mass is 9.93. The van der Waals surface area contributed by atoms with E-state index in [9.17, 15) is 0 Å². The minimum Gasteiger partial charge on any atom is -0.398 e. The van der Waals surface area contributed by atoms with E-state index in [1.807, 2.05) is 18.2 Å². The van der Waals surface area contributed by atoms with E-state index in [0.29, 0.717) is 0 Å². The van der Waals surface area contributed by atoms with Crippen LogP contribution in [0, 0.1) is 0 Å². The maximum absolute atomic E-state index is 6.26. The number of benzene rings is 3. The summed E-state index contributed by atoms with van der Waals surface area (Å²) in [4.78, 5) is 0. The third kappa shape index (κ3) is 2.44. The second-order valence-corrected chi connectivity index (χ2v) is 5.54. The summed E-state index contributed by atoms with van der Waals surface area (Å²) >= 11 is 0. The maximum Gasteiger partial charge on any atom is 0.113 e. The lowest BCUT2D eigenvalue weighted by Crippen LogP contribution is -1.99. The summed E-state index contributed by atoms with van der Waals surface area (Å²) in [6.07, 6.45) is 2.48. The van der Waals surface area contributed by atoms with Gasteiger partial charge < -0.3 is 5.73 Å². The zero-order valence-corrected chi connectivity index (χ0v) is 12.5. The minimum atomic E-state index is 0.760. The first-order valence-corrected chi connectivity index (χ1v) is 7.53. The van der Waals surface area contributed by atoms with Gasteiger partial charge in [-0.15, -0.1) is 0 Å². The molecule has 0 saturated heterocycles. The van der Waals surface area contributed by atoms with Gasteiger partial charge in [-0.05, 0) is 28.0 Å². The second-order valence-electron chi connectivity index (χ2n) is 5.54. The summed E-state index contributed by atoms with van der Waals surface area (Å²) in [6, 6.07) is 20.7. The van der Waals surface area contributed by atoms with Crippen molar-refractivity contribution in [2.45, 2.75) is 6.42 Å². The molecule has 3 aromatic carbocycles. The van der Waals surface area contributed by atoms with E-state index in [4.69, 9.17) is 5.73 Å². The molecular formula is C19H16N4. The molecule has 23 heavy (non-hydrogen) atoms. The van der Waals surface area contributed by atoms with Crippen molar-refractivity contribution in [3.8, 4) is 11.3 Å². The number of aromatic amines is 1. The number of nitrogen functional groups attached to an aromatic ring is 1. The highest BCUT2D eigenvalue weighted by atomic mass is 15.3. The second kappa shape index (κ2) is 5.57. The van der Waals surface area contributed by atoms with Crippen LogP contribution in [0.15, 0.2) is 66.9 Å². The van der Waals surface area contributed by atoms with Crippen LogP contribution in [0.4, 0.5) is 5.69 Å². The van der Waals surface area contributed by atoms with E-state index in [1.165, 1.54) is 16.3 Å². The number of hydrogen-bond acceptors (Lipinski definition) is 3. The summed E-state index contributed by atoms with van der Waals surface area (Å²) in [5.41, 5.74) is 11.2. The van der Waals surface area contributed by atoms with Gasteiger partial charge in [0.2, 0.25) is 0 Å². The van der Waals surface area contributed by atoms with Gasteiger partial charge >= 0.3 is 0 Å². The molecule has 0 bridgehead atoms. The predicted molar refractivity (Wildman–Crippen MR) is 93.0 cm³/mol. The van der Waals surface area contributed by atoms with Crippen molar-refractivity contribution in [3.63, 3.8) is 0 Å². The van der Waals surface area contributed by atoms with Gasteiger partial charge in [-0.1, -0.05) is 54.6 Å². The van der Waals surface area contributed by atoms with Crippen molar-refractivity contribution in [3.05, 3.63) is 78.0 Å². The van der Waals surface area contributed by atoms with E-state index < -0.39 is 0 Å². The fraction of sp³-hybridized carbons (Fsp3) is 0.0526. The number of nitrogens with two attached hydrogens (primary N) is 1. The Morgan fingerprint density at radius 3 is 2.61 bits per heavy atom. The van der Waals surface area contributed by atoms with Crippen LogP contribution in [0.3, 0.4) is 0 Å². The number of fused-ring (bicyclic) bond motifs is 1. The summed E-state index contributed by atoms with van der Waals surface area (Å²) in [6.45, 7) is 0. The van der Waals surface area contributed by atoms with Crippen molar-refractivity contribution in [1.82, 2.24) is 15.4 Å². The number of nitrogens with one attached hydrogen (secondary N) is 1. The molecule has 0 aliphatic rings. The molecule has 0 amide bonds. The van der Waals surface area contributed by atoms with Gasteiger partial charge in [-0.2, -0.15) is 15.4 Å². The third-order valence-electron chi connectivity index (χ3n) is 4.15. The van der Waals surface area contributed by atoms with Crippen LogP contribution in [-0.2, 0) is 6.42 Å². The van der Waals surface area contributed by atoms with Gasteiger partial charge in [0, 0.05) is 17.7 Å². The molecule has 112 valence electrons. The van der Waals surface area contributed by atoms with Crippen LogP contribution in [0.1, 0.15) is 11.1 Å². The Kier molecular flexibility index (Phi) is 3.27. The van der Waals surface area contributed by atoms with E-state index in [2.05, 4.69) is 57.9 Å². The van der Waals surface area contributed by atoms with Gasteiger partial charge in [0.05, 0.1) is 6.20 Å². The highest BCUT2D eigenvalue weighted by Gasteiger charge is 2.12. The molecule has 3 N–H and O–H groups in total. The molecule has 4 heteroatoms. The molecular weight excluding hydrogens is 284 g/mol. The molecule has 4 nitrogen and oxygen atoms in total. The molecule has 0 spiro atoms. The lowest BCUT2D eigenvalue weighted by Gasteiger charge is -2.12. The Balaban J connectivity index is 1.86. The minimum absolute atomic E-state index is 0.760. The Morgan fingerprint density at radius 2 is 1.74 bits per heavy atom. The molecule has 0 atom stereocenters. The van der Waals surface area contributed by atoms with Gasteiger partial charge in [0.25, 0.3) is 0 Å². The van der Waals surface area contributed by atoms with Gasteiger partial charge in [0.15, 0.2) is 0 Å². The van der Waals surface area contributed by atoms with Crippen LogP contribution in [0.2, 0.25) is 0 Å². The predicted octanol–water partition coefficient (Wildman–Crippen LogP) is 3.80. The average Bonchev–Trinajstić information content (AvgIpc) is 3.11. The highest BCUT2D eigenvalue weighted by molar-refractivity contribution is 5.86. The first-order chi connectivity index (χ1) is 11.3. The largest absolute Gasteiger partial charge is 0.398 e. The molecule has 0 fully saturated rings. The Hall–Kier alpha value is -3.14. The Bertz CT molecular complexity index is 953. The molecule has 0 radical (unpaired) electrons. The van der Waals surface area contributed by atoms with Crippen LogP contribution >= 0.6 is 0 Å². The van der Waals surface area contributed by atoms with E-state index in [0.717, 1.165) is 28.9 Å². The quantitative estimate of drug-likeness (QED) is 0.565. The number of rotatable bonds is 3. The number of H-pyrrole nitrogens is 1. The van der Waals surface area contributed by atoms with E-state index in [-0.39, 0.29) is 0 Å². The highest BCUT2D eigenvalue weighted by Crippen LogP contribution is 2.30. The topological polar surface area (TPSA) is 67.6 Å². The standard InChI is InChI=1S/C19H16N4/c20-18-10-4-9-16(19-12-21-23-22-19)17(18)11-14-7-3-6-13-5-1-2-8-15(13)14/h1-10,12H,11,20H2,(H,21,22,23). The fourth-order valence-corrected chi connectivity index (χ4v) is 3.01. The summed E-state index contributed by atoms with van der Waals surface area (Å²) in [5, 5.41) is 13.3. The zero-order chi connectivity index (χ0) is 15.6. The van der Waals surface area contributed by atoms with Crippen molar-refractivity contribution < 1.29 is 0 Å². The number of anilines is 1. The van der Waals surface area contributed by atoms with E-state index >= 15 is 0 Å². The van der Waals surface area contributed by atoms with E-state index in [1.54, 1.807) is 6.20 Å². The zero-order valence-electron chi connectivity index (χ0n) is 12.5. The lowest BCUT2D eigenvalue weighted by molar-refractivity contribution is 0.941. The Morgan fingerprint density at radius 1 is 0.913 bits per heavy atom. The number of hydrogen-bond donors (Lipinski definition) is 2. The van der Waals surface area contributed by atoms with Crippen molar-refractivity contribution >= 4 is 16.5 Å². The molecule has 4 rings (SSSR count). The van der Waals surface area contributed by atoms with Crippen molar-refractivity contribution in [1.29, 1.82) is 0 Å². The maximum atomic E-state index is 6.26. The van der Waals surface area contributed by atoms with Crippen LogP contribution in [0.5, 0.6) is 0 Å². The molecule has 4 aromatic rings. The van der Waals surface area contributed by atoms with Gasteiger partial charge in [0.1, 0.15) is 5.69 Å². The van der Waals surface area contributed by atoms with Crippen molar-refractivity contribution in [2.24, 2.45) is 0 Å². The first-order valence-electron chi connectivity index (χ1n) is 7.53. The Labute approximate surface area is 134 Å². The van der Waals surface area contributed by atoms with Crippen molar-refractivity contribution in [2.75, 3.05) is 5.73 Å². The molecule has 0 aliphatic carbocycles. The average molecular weight is 300 g/mol. The summed E-state index contributed by atoms with van der Waals surface area (Å²) < 4.78 is 0. The summed E-state index contributed by atoms with van der Waals surface area (Å²) in [7, 11) is 0. The third-order valence-corrected chi connectivity index (χ3v) is 4.15. The number of aromatic nitrogens is 3. The monoisotopic (exact) mass is 300 g/mol. The fourth-order valence-electron chi connectivity index (χ4n) is 3.01. The molecule has 0 unspecified atom stereocenters. The number of nitrogens with zero attached hydrogens (tertiary/aromatic N) is 2. The molecule has 0 saturated carbocycles.